The summed E-state index contributed by atoms with van der Waals surface area (Å²) in [5.41, 5.74) is 0.669. The van der Waals surface area contributed by atoms with Crippen molar-refractivity contribution in [2.45, 2.75) is 51.0 Å². The Labute approximate surface area is 150 Å². The van der Waals surface area contributed by atoms with Gasteiger partial charge >= 0.3 is 0 Å². The quantitative estimate of drug-likeness (QED) is 0.798. The third-order valence-electron chi connectivity index (χ3n) is 4.06. The first-order valence-corrected chi connectivity index (χ1v) is 9.49. The molecule has 0 spiro atoms. The van der Waals surface area contributed by atoms with Crippen LogP contribution in [-0.4, -0.2) is 61.4 Å². The van der Waals surface area contributed by atoms with Crippen molar-refractivity contribution in [2.24, 2.45) is 0 Å². The summed E-state index contributed by atoms with van der Waals surface area (Å²) in [5.74, 6) is 0.759. The van der Waals surface area contributed by atoms with Crippen molar-refractivity contribution >= 4 is 23.4 Å². The van der Waals surface area contributed by atoms with Gasteiger partial charge in [0, 0.05) is 24.8 Å². The van der Waals surface area contributed by atoms with Gasteiger partial charge in [-0.05, 0) is 20.3 Å². The van der Waals surface area contributed by atoms with E-state index in [2.05, 4.69) is 22.1 Å². The van der Waals surface area contributed by atoms with Crippen LogP contribution in [0.1, 0.15) is 32.9 Å². The second-order valence-corrected chi connectivity index (χ2v) is 7.30. The topological polar surface area (TPSA) is 92.6 Å². The molecule has 2 atom stereocenters. The number of morpholine rings is 1. The lowest BCUT2D eigenvalue weighted by Gasteiger charge is -2.35. The van der Waals surface area contributed by atoms with E-state index in [1.54, 1.807) is 6.07 Å². The van der Waals surface area contributed by atoms with Crippen molar-refractivity contribution in [3.05, 3.63) is 22.1 Å². The van der Waals surface area contributed by atoms with E-state index in [1.807, 2.05) is 23.1 Å². The minimum Gasteiger partial charge on any atom is -0.372 e. The lowest BCUT2D eigenvalue weighted by atomic mass is 10.2. The average molecular weight is 365 g/mol. The molecule has 1 aliphatic heterocycles. The Hall–Kier alpha value is -1.87. The highest BCUT2D eigenvalue weighted by Gasteiger charge is 2.26. The first kappa shape index (κ1) is 17.9. The highest BCUT2D eigenvalue weighted by molar-refractivity contribution is 7.99. The van der Waals surface area contributed by atoms with Gasteiger partial charge in [-0.3, -0.25) is 19.0 Å². The standard InChI is InChI=1S/C16H23N5O3S/c1-4-5-12-6-13(22)17-15-18-19-16(21(12)15)25-9-14(23)20-7-10(2)24-11(3)8-20/h6,10-11H,4-5,7-9H2,1-3H3,(H,17,18,22)/t10-,11+. The summed E-state index contributed by atoms with van der Waals surface area (Å²) >= 11 is 1.34. The van der Waals surface area contributed by atoms with E-state index in [1.165, 1.54) is 11.8 Å². The molecule has 1 aliphatic rings. The molecule has 0 unspecified atom stereocenters. The number of nitrogens with one attached hydrogen (secondary N) is 1. The van der Waals surface area contributed by atoms with Gasteiger partial charge in [0.2, 0.25) is 11.7 Å². The third-order valence-corrected chi connectivity index (χ3v) is 4.97. The molecule has 0 bridgehead atoms. The first-order chi connectivity index (χ1) is 12.0. The van der Waals surface area contributed by atoms with Gasteiger partial charge in [0.05, 0.1) is 18.0 Å². The van der Waals surface area contributed by atoms with Gasteiger partial charge in [0.15, 0.2) is 5.16 Å². The van der Waals surface area contributed by atoms with E-state index < -0.39 is 0 Å². The smallest absolute Gasteiger partial charge is 0.252 e. The van der Waals surface area contributed by atoms with Crippen LogP contribution in [-0.2, 0) is 16.0 Å². The van der Waals surface area contributed by atoms with Crippen LogP contribution in [0.25, 0.3) is 5.78 Å². The van der Waals surface area contributed by atoms with Crippen molar-refractivity contribution < 1.29 is 9.53 Å². The predicted molar refractivity (Wildman–Crippen MR) is 94.9 cm³/mol. The summed E-state index contributed by atoms with van der Waals surface area (Å²) in [4.78, 5) is 28.7. The lowest BCUT2D eigenvalue weighted by molar-refractivity contribution is -0.140. The van der Waals surface area contributed by atoms with Crippen LogP contribution in [0.2, 0.25) is 0 Å². The maximum Gasteiger partial charge on any atom is 0.252 e. The number of H-pyrrole nitrogens is 1. The summed E-state index contributed by atoms with van der Waals surface area (Å²) in [6.07, 6.45) is 1.75. The largest absolute Gasteiger partial charge is 0.372 e. The molecule has 1 fully saturated rings. The van der Waals surface area contributed by atoms with Gasteiger partial charge < -0.3 is 9.64 Å². The van der Waals surface area contributed by atoms with Gasteiger partial charge in [-0.1, -0.05) is 25.1 Å². The molecule has 8 nitrogen and oxygen atoms in total. The highest BCUT2D eigenvalue weighted by Crippen LogP contribution is 2.20. The van der Waals surface area contributed by atoms with E-state index in [0.29, 0.717) is 24.0 Å². The fraction of sp³-hybridized carbons (Fsp3) is 0.625. The molecule has 0 aromatic carbocycles. The van der Waals surface area contributed by atoms with Crippen LogP contribution in [0.4, 0.5) is 0 Å². The number of ether oxygens (including phenoxy) is 1. The van der Waals surface area contributed by atoms with Crippen LogP contribution >= 0.6 is 11.8 Å². The van der Waals surface area contributed by atoms with Crippen molar-refractivity contribution in [1.29, 1.82) is 0 Å². The van der Waals surface area contributed by atoms with Crippen molar-refractivity contribution in [3.8, 4) is 0 Å². The summed E-state index contributed by atoms with van der Waals surface area (Å²) in [7, 11) is 0. The average Bonchev–Trinajstić information content (AvgIpc) is 2.94. The molecule has 0 saturated carbocycles. The maximum atomic E-state index is 12.5. The molecule has 3 rings (SSSR count). The summed E-state index contributed by atoms with van der Waals surface area (Å²) in [6, 6.07) is 1.57. The number of fused-ring (bicyclic) bond motifs is 1. The van der Waals surface area contributed by atoms with Crippen LogP contribution in [0.3, 0.4) is 0 Å². The van der Waals surface area contributed by atoms with E-state index in [9.17, 15) is 9.59 Å². The number of thioether (sulfide) groups is 1. The molecule has 9 heteroatoms. The van der Waals surface area contributed by atoms with Gasteiger partial charge in [0.1, 0.15) is 0 Å². The number of aromatic amines is 1. The van der Waals surface area contributed by atoms with Crippen LogP contribution < -0.4 is 5.56 Å². The SMILES string of the molecule is CCCc1cc(=O)[nH]c2nnc(SCC(=O)N3C[C@@H](C)O[C@@H](C)C3)n12. The number of carbonyl (C=O) groups excluding carboxylic acids is 1. The molecule has 1 N–H and O–H groups in total. The van der Waals surface area contributed by atoms with Gasteiger partial charge in [-0.15, -0.1) is 10.2 Å². The van der Waals surface area contributed by atoms with E-state index in [4.69, 9.17) is 4.74 Å². The molecule has 2 aromatic rings. The minimum atomic E-state index is -0.188. The monoisotopic (exact) mass is 365 g/mol. The zero-order valence-corrected chi connectivity index (χ0v) is 15.5. The van der Waals surface area contributed by atoms with E-state index in [-0.39, 0.29) is 29.4 Å². The zero-order chi connectivity index (χ0) is 18.0. The highest BCUT2D eigenvalue weighted by atomic mass is 32.2. The first-order valence-electron chi connectivity index (χ1n) is 8.51. The Morgan fingerprint density at radius 3 is 2.76 bits per heavy atom. The molecule has 0 radical (unpaired) electrons. The molecule has 136 valence electrons. The van der Waals surface area contributed by atoms with E-state index in [0.717, 1.165) is 18.5 Å². The Morgan fingerprint density at radius 2 is 2.08 bits per heavy atom. The molecule has 2 aromatic heterocycles. The van der Waals surface area contributed by atoms with Crippen LogP contribution in [0.5, 0.6) is 0 Å². The molecular formula is C16H23N5O3S. The van der Waals surface area contributed by atoms with Gasteiger partial charge in [-0.25, -0.2) is 0 Å². The minimum absolute atomic E-state index is 0.0489. The van der Waals surface area contributed by atoms with Crippen LogP contribution in [0.15, 0.2) is 16.0 Å². The zero-order valence-electron chi connectivity index (χ0n) is 14.7. The maximum absolute atomic E-state index is 12.5. The van der Waals surface area contributed by atoms with Crippen molar-refractivity contribution in [1.82, 2.24) is 24.5 Å². The molecule has 1 amide bonds. The van der Waals surface area contributed by atoms with E-state index >= 15 is 0 Å². The Bertz CT molecular complexity index is 808. The Balaban J connectivity index is 1.75. The second-order valence-electron chi connectivity index (χ2n) is 6.36. The van der Waals surface area contributed by atoms with Crippen molar-refractivity contribution in [2.75, 3.05) is 18.8 Å². The second kappa shape index (κ2) is 7.57. The lowest BCUT2D eigenvalue weighted by Crippen LogP contribution is -2.48. The predicted octanol–water partition coefficient (Wildman–Crippen LogP) is 1.10. The van der Waals surface area contributed by atoms with Gasteiger partial charge in [-0.2, -0.15) is 0 Å². The fourth-order valence-electron chi connectivity index (χ4n) is 3.10. The third kappa shape index (κ3) is 4.04. The molecule has 0 aliphatic carbocycles. The van der Waals surface area contributed by atoms with Crippen LogP contribution in [0, 0.1) is 0 Å². The molecular weight excluding hydrogens is 342 g/mol. The normalized spacial score (nSPS) is 21.0. The van der Waals surface area contributed by atoms with Crippen molar-refractivity contribution in [3.63, 3.8) is 0 Å². The molecule has 1 saturated heterocycles. The Morgan fingerprint density at radius 1 is 1.36 bits per heavy atom. The molecule has 3 heterocycles. The van der Waals surface area contributed by atoms with Gasteiger partial charge in [0.25, 0.3) is 5.56 Å². The number of aromatic nitrogens is 4. The Kier molecular flexibility index (Phi) is 5.43. The number of carbonyl (C=O) groups is 1. The number of aryl methyl sites for hydroxylation is 1. The summed E-state index contributed by atoms with van der Waals surface area (Å²) in [6.45, 7) is 7.22. The number of nitrogens with zero attached hydrogens (tertiary/aromatic N) is 4. The number of rotatable bonds is 5. The summed E-state index contributed by atoms with van der Waals surface area (Å²) < 4.78 is 7.49. The number of amides is 1. The fourth-order valence-corrected chi connectivity index (χ4v) is 3.97. The number of hydrogen-bond acceptors (Lipinski definition) is 6. The molecule has 25 heavy (non-hydrogen) atoms. The summed E-state index contributed by atoms with van der Waals surface area (Å²) in [5, 5.41) is 8.79. The number of hydrogen-bond donors (Lipinski definition) is 1.